The molecule has 0 radical (unpaired) electrons. The Balaban J connectivity index is 0. The molecule has 0 bridgehead atoms. The number of nitrogens with zero attached hydrogens (tertiary/aromatic N) is 2. The van der Waals surface area contributed by atoms with E-state index in [0.29, 0.717) is 5.56 Å². The van der Waals surface area contributed by atoms with Crippen LogP contribution in [0.3, 0.4) is 0 Å². The second-order valence-corrected chi connectivity index (χ2v) is 6.07. The van der Waals surface area contributed by atoms with E-state index in [0.717, 1.165) is 10.5 Å². The van der Waals surface area contributed by atoms with E-state index in [1.54, 1.807) is 37.5 Å². The zero-order chi connectivity index (χ0) is 24.4. The van der Waals surface area contributed by atoms with Crippen molar-refractivity contribution >= 4 is 23.8 Å². The molecule has 2 amide bonds. The minimum atomic E-state index is -1.41. The maximum Gasteiger partial charge on any atom is 0.273 e. The van der Waals surface area contributed by atoms with Gasteiger partial charge in [-0.2, -0.15) is 0 Å². The van der Waals surface area contributed by atoms with E-state index in [1.165, 1.54) is 25.9 Å². The van der Waals surface area contributed by atoms with Crippen molar-refractivity contribution in [1.82, 2.24) is 10.4 Å². The Morgan fingerprint density at radius 3 is 2.10 bits per heavy atom. The minimum Gasteiger partial charge on any atom is -0.323 e. The highest BCUT2D eigenvalue weighted by molar-refractivity contribution is 6.08. The Morgan fingerprint density at radius 1 is 1.19 bits per heavy atom. The van der Waals surface area contributed by atoms with Crippen LogP contribution in [0.2, 0.25) is 0 Å². The lowest BCUT2D eigenvalue weighted by atomic mass is 10.1. The fourth-order valence-electron chi connectivity index (χ4n) is 2.17. The van der Waals surface area contributed by atoms with Crippen molar-refractivity contribution in [2.45, 2.75) is 54.0 Å². The number of nitrogens with one attached hydrogen (secondary N) is 1. The maximum atomic E-state index is 12.5. The summed E-state index contributed by atoms with van der Waals surface area (Å²) in [6.45, 7) is 11.3. The molecule has 1 unspecified atom stereocenters. The number of carbonyl (C=O) groups excluding carboxylic acids is 3. The van der Waals surface area contributed by atoms with Gasteiger partial charge in [0.25, 0.3) is 11.8 Å². The zero-order valence-electron chi connectivity index (χ0n) is 19.8. The topological polar surface area (TPSA) is 99.1 Å². The Kier molecular flexibility index (Phi) is 17.0. The number of hydrogen-bond acceptors (Lipinski definition) is 5. The van der Waals surface area contributed by atoms with E-state index in [1.807, 2.05) is 26.8 Å². The van der Waals surface area contributed by atoms with E-state index < -0.39 is 23.6 Å². The van der Waals surface area contributed by atoms with Crippen molar-refractivity contribution in [2.75, 3.05) is 14.1 Å². The summed E-state index contributed by atoms with van der Waals surface area (Å²) in [6, 6.07) is 5.04. The van der Waals surface area contributed by atoms with Crippen LogP contribution in [-0.2, 0) is 9.59 Å². The van der Waals surface area contributed by atoms with Crippen molar-refractivity contribution in [3.05, 3.63) is 47.0 Å². The van der Waals surface area contributed by atoms with Crippen LogP contribution >= 0.6 is 0 Å². The number of hydrogen-bond donors (Lipinski definition) is 2. The fourth-order valence-corrected chi connectivity index (χ4v) is 2.17. The second kappa shape index (κ2) is 17.6. The first-order valence-electron chi connectivity index (χ1n) is 10.2. The van der Waals surface area contributed by atoms with Crippen molar-refractivity contribution in [3.63, 3.8) is 0 Å². The number of allylic oxidation sites excluding steroid dienone is 2. The zero-order valence-corrected chi connectivity index (χ0v) is 19.8. The number of rotatable bonds is 5. The van der Waals surface area contributed by atoms with Crippen molar-refractivity contribution in [1.29, 1.82) is 0 Å². The number of aliphatic imine (C=N–C) groups is 1. The molecule has 7 heteroatoms. The maximum absolute atomic E-state index is 12.5. The van der Waals surface area contributed by atoms with Gasteiger partial charge >= 0.3 is 0 Å². The van der Waals surface area contributed by atoms with E-state index in [4.69, 9.17) is 5.21 Å². The molecule has 1 atom stereocenters. The normalized spacial score (nSPS) is 10.9. The van der Waals surface area contributed by atoms with Gasteiger partial charge in [-0.15, -0.1) is 0 Å². The summed E-state index contributed by atoms with van der Waals surface area (Å²) in [6.07, 6.45) is 4.73. The molecule has 0 saturated heterocycles. The number of hydroxylamine groups is 1. The Morgan fingerprint density at radius 2 is 1.71 bits per heavy atom. The second-order valence-electron chi connectivity index (χ2n) is 6.07. The molecule has 2 N–H and O–H groups in total. The first-order chi connectivity index (χ1) is 14.8. The van der Waals surface area contributed by atoms with Gasteiger partial charge in [0.1, 0.15) is 0 Å². The molecule has 0 heterocycles. The van der Waals surface area contributed by atoms with Crippen LogP contribution in [-0.4, -0.2) is 54.1 Å². The third kappa shape index (κ3) is 10.9. The van der Waals surface area contributed by atoms with Crippen molar-refractivity contribution < 1.29 is 19.6 Å². The molecule has 7 nitrogen and oxygen atoms in total. The van der Waals surface area contributed by atoms with E-state index in [2.05, 4.69) is 30.7 Å². The van der Waals surface area contributed by atoms with E-state index in [9.17, 15) is 14.4 Å². The lowest BCUT2D eigenvalue weighted by Crippen LogP contribution is -2.50. The molecule has 1 aromatic rings. The minimum absolute atomic E-state index is 0.288. The molecule has 0 fully saturated rings. The summed E-state index contributed by atoms with van der Waals surface area (Å²) in [5.41, 5.74) is 3.15. The van der Waals surface area contributed by atoms with Gasteiger partial charge in [0, 0.05) is 37.0 Å². The van der Waals surface area contributed by atoms with Gasteiger partial charge in [0.15, 0.2) is 11.8 Å². The van der Waals surface area contributed by atoms with Gasteiger partial charge in [0.2, 0.25) is 0 Å². The van der Waals surface area contributed by atoms with Crippen LogP contribution in [0.25, 0.3) is 0 Å². The van der Waals surface area contributed by atoms with Gasteiger partial charge in [-0.25, -0.2) is 5.48 Å². The molecular weight excluding hydrogens is 394 g/mol. The highest BCUT2D eigenvalue weighted by atomic mass is 16.5. The van der Waals surface area contributed by atoms with Crippen molar-refractivity contribution in [2.24, 2.45) is 4.99 Å². The standard InChI is InChI=1S/C19H21N3O4.C3H8.C2H6/c1-5-14(12-20-3)6-7-15-8-10-16(11-9-15)19(25)22(4)17(13(2)23)18(24)21-26;1-3-2;1-2/h5,8-12,17,26H,1-4H3,(H,21,24);3H2,1-2H3;1-2H3/b14-5-,20-12?;;. The quantitative estimate of drug-likeness (QED) is 0.245. The van der Waals surface area contributed by atoms with Gasteiger partial charge in [-0.05, 0) is 38.1 Å². The molecule has 0 spiro atoms. The lowest BCUT2D eigenvalue weighted by molar-refractivity contribution is -0.139. The summed E-state index contributed by atoms with van der Waals surface area (Å²) in [5.74, 6) is 3.86. The molecule has 0 saturated carbocycles. The molecule has 31 heavy (non-hydrogen) atoms. The number of ketones is 1. The van der Waals surface area contributed by atoms with Crippen LogP contribution in [0.5, 0.6) is 0 Å². The molecule has 1 aromatic carbocycles. The number of likely N-dealkylation sites (N-methyl/N-ethyl adjacent to an activating group) is 1. The van der Waals surface area contributed by atoms with Crippen LogP contribution < -0.4 is 5.48 Å². The number of carbonyl (C=O) groups is 3. The molecular formula is C24H35N3O4. The molecule has 0 aliphatic heterocycles. The highest BCUT2D eigenvalue weighted by Gasteiger charge is 2.31. The number of amides is 2. The van der Waals surface area contributed by atoms with Gasteiger partial charge < -0.3 is 4.90 Å². The van der Waals surface area contributed by atoms with Crippen LogP contribution in [0.15, 0.2) is 40.9 Å². The van der Waals surface area contributed by atoms with Gasteiger partial charge in [-0.1, -0.05) is 52.0 Å². The Labute approximate surface area is 186 Å². The van der Waals surface area contributed by atoms with E-state index in [-0.39, 0.29) is 5.56 Å². The number of benzene rings is 1. The van der Waals surface area contributed by atoms with Gasteiger partial charge in [-0.3, -0.25) is 24.6 Å². The average Bonchev–Trinajstić information content (AvgIpc) is 2.78. The van der Waals surface area contributed by atoms with Crippen molar-refractivity contribution in [3.8, 4) is 11.8 Å². The summed E-state index contributed by atoms with van der Waals surface area (Å²) in [4.78, 5) is 40.6. The fraction of sp³-hybridized carbons (Fsp3) is 0.417. The molecule has 1 rings (SSSR count). The van der Waals surface area contributed by atoms with E-state index >= 15 is 0 Å². The smallest absolute Gasteiger partial charge is 0.273 e. The highest BCUT2D eigenvalue weighted by Crippen LogP contribution is 2.10. The van der Waals surface area contributed by atoms with Gasteiger partial charge in [0.05, 0.1) is 0 Å². The first-order valence-corrected chi connectivity index (χ1v) is 10.2. The summed E-state index contributed by atoms with van der Waals surface area (Å²) < 4.78 is 0. The first kappa shape index (κ1) is 30.0. The number of Topliss-reactive ketones (excluding diaryl/α,β-unsaturated/α-hetero) is 1. The molecule has 0 aliphatic carbocycles. The predicted octanol–water partition coefficient (Wildman–Crippen LogP) is 3.66. The SMILES string of the molecule is C/C=C(/C#Cc1ccc(C(=O)N(C)C(C(C)=O)C(=O)NO)cc1)C=NC.CC.CCC. The third-order valence-corrected chi connectivity index (χ3v) is 3.51. The Hall–Kier alpha value is -3.24. The van der Waals surface area contributed by atoms with Crippen LogP contribution in [0, 0.1) is 11.8 Å². The molecule has 0 aromatic heterocycles. The lowest BCUT2D eigenvalue weighted by Gasteiger charge is -2.24. The average molecular weight is 430 g/mol. The monoisotopic (exact) mass is 429 g/mol. The largest absolute Gasteiger partial charge is 0.323 e. The third-order valence-electron chi connectivity index (χ3n) is 3.51. The predicted molar refractivity (Wildman–Crippen MR) is 125 cm³/mol. The Bertz CT molecular complexity index is 815. The summed E-state index contributed by atoms with van der Waals surface area (Å²) >= 11 is 0. The molecule has 0 aliphatic rings. The summed E-state index contributed by atoms with van der Waals surface area (Å²) in [5, 5.41) is 8.74. The van der Waals surface area contributed by atoms with Crippen LogP contribution in [0.4, 0.5) is 0 Å². The molecule has 170 valence electrons. The van der Waals surface area contributed by atoms with Crippen LogP contribution in [0.1, 0.15) is 63.9 Å². The summed E-state index contributed by atoms with van der Waals surface area (Å²) in [7, 11) is 2.98.